The van der Waals surface area contributed by atoms with E-state index in [-0.39, 0.29) is 62.4 Å². The van der Waals surface area contributed by atoms with E-state index >= 15 is 0 Å². The lowest BCUT2D eigenvalue weighted by atomic mass is 9.80. The van der Waals surface area contributed by atoms with E-state index in [0.29, 0.717) is 43.6 Å². The summed E-state index contributed by atoms with van der Waals surface area (Å²) in [7, 11) is 1.34. The van der Waals surface area contributed by atoms with Crippen LogP contribution in [0.5, 0.6) is 0 Å². The fourth-order valence-electron chi connectivity index (χ4n) is 5.14. The van der Waals surface area contributed by atoms with E-state index in [1.165, 1.54) is 7.11 Å². The molecular formula is C31H47N5O8. The number of piperidine rings is 1. The Morgan fingerprint density at radius 1 is 1.05 bits per heavy atom. The summed E-state index contributed by atoms with van der Waals surface area (Å²) >= 11 is 0. The Morgan fingerprint density at radius 3 is 2.23 bits per heavy atom. The standard InChI is InChI=1S/C31H47N5O8/c1-20(2)27(35-25(39)11-12-26(40)36-16-13-31(3,14-17-36)29(42)44-4)24(38)18-22(6-5-15-33-30(32)43)28(41)34-23-9-7-21(19-37)8-10-23/h7-10,20,22,27,37H,5-6,11-19H2,1-4H3,(H,34,41)(H,35,39)(H3,32,33,43)/t22-,27+/m1/s1. The predicted molar refractivity (Wildman–Crippen MR) is 163 cm³/mol. The topological polar surface area (TPSA) is 197 Å². The molecule has 0 spiro atoms. The average Bonchev–Trinajstić information content (AvgIpc) is 2.99. The molecule has 0 unspecified atom stereocenters. The van der Waals surface area contributed by atoms with Crippen LogP contribution in [0.25, 0.3) is 0 Å². The molecule has 5 amide bonds. The van der Waals surface area contributed by atoms with Crippen LogP contribution in [0.15, 0.2) is 24.3 Å². The Balaban J connectivity index is 1.98. The van der Waals surface area contributed by atoms with Crippen molar-refractivity contribution in [2.75, 3.05) is 32.1 Å². The number of nitrogens with one attached hydrogen (secondary N) is 3. The van der Waals surface area contributed by atoms with Crippen LogP contribution in [0.1, 0.15) is 71.3 Å². The lowest BCUT2D eigenvalue weighted by Crippen LogP contribution is -2.47. The smallest absolute Gasteiger partial charge is 0.312 e. The number of ketones is 1. The Bertz CT molecular complexity index is 1160. The highest BCUT2D eigenvalue weighted by molar-refractivity contribution is 5.97. The minimum atomic E-state index is -0.865. The number of Topliss-reactive ketones (excluding diaryl/α,β-unsaturated/α-hetero) is 1. The van der Waals surface area contributed by atoms with Crippen LogP contribution in [-0.2, 0) is 35.3 Å². The first-order valence-electron chi connectivity index (χ1n) is 15.0. The number of hydrogen-bond donors (Lipinski definition) is 5. The number of hydrogen-bond acceptors (Lipinski definition) is 8. The van der Waals surface area contributed by atoms with Gasteiger partial charge in [0.25, 0.3) is 0 Å². The van der Waals surface area contributed by atoms with Crippen LogP contribution in [0.3, 0.4) is 0 Å². The second-order valence-corrected chi connectivity index (χ2v) is 11.9. The lowest BCUT2D eigenvalue weighted by molar-refractivity contribution is -0.156. The molecule has 13 heteroatoms. The van der Waals surface area contributed by atoms with Crippen LogP contribution < -0.4 is 21.7 Å². The summed E-state index contributed by atoms with van der Waals surface area (Å²) in [6, 6.07) is 5.09. The summed E-state index contributed by atoms with van der Waals surface area (Å²) in [6.45, 7) is 6.27. The van der Waals surface area contributed by atoms with Crippen molar-refractivity contribution in [1.82, 2.24) is 15.5 Å². The lowest BCUT2D eigenvalue weighted by Gasteiger charge is -2.37. The highest BCUT2D eigenvalue weighted by Gasteiger charge is 2.39. The molecular weight excluding hydrogens is 570 g/mol. The molecule has 244 valence electrons. The maximum absolute atomic E-state index is 13.4. The number of carbonyl (C=O) groups excluding carboxylic acids is 6. The summed E-state index contributed by atoms with van der Waals surface area (Å²) in [6.07, 6.45) is 1.34. The van der Waals surface area contributed by atoms with E-state index in [1.807, 2.05) is 6.92 Å². The number of methoxy groups -OCH3 is 1. The number of aliphatic hydroxyl groups excluding tert-OH is 1. The molecule has 0 aromatic heterocycles. The summed E-state index contributed by atoms with van der Waals surface area (Å²) in [5.41, 5.74) is 5.68. The number of benzene rings is 1. The number of primary amides is 1. The number of carbonyl (C=O) groups is 6. The zero-order valence-electron chi connectivity index (χ0n) is 26.1. The zero-order chi connectivity index (χ0) is 32.9. The largest absolute Gasteiger partial charge is 0.469 e. The van der Waals surface area contributed by atoms with Crippen molar-refractivity contribution in [3.8, 4) is 0 Å². The number of likely N-dealkylation sites (tertiary alicyclic amines) is 1. The van der Waals surface area contributed by atoms with Crippen LogP contribution in [-0.4, -0.2) is 78.3 Å². The maximum atomic E-state index is 13.4. The first-order valence-corrected chi connectivity index (χ1v) is 15.0. The Kier molecular flexibility index (Phi) is 14.3. The monoisotopic (exact) mass is 617 g/mol. The summed E-state index contributed by atoms with van der Waals surface area (Å²) < 4.78 is 4.87. The number of nitrogens with two attached hydrogens (primary N) is 1. The molecule has 0 aliphatic carbocycles. The molecule has 2 atom stereocenters. The fraction of sp³-hybridized carbons (Fsp3) is 0.613. The molecule has 44 heavy (non-hydrogen) atoms. The van der Waals surface area contributed by atoms with Gasteiger partial charge in [0, 0.05) is 50.5 Å². The Hall–Kier alpha value is -4.00. The first-order chi connectivity index (χ1) is 20.8. The molecule has 1 aromatic rings. The van der Waals surface area contributed by atoms with Crippen molar-refractivity contribution in [2.24, 2.45) is 23.0 Å². The first kappa shape index (κ1) is 36.2. The average molecular weight is 618 g/mol. The number of ether oxygens (including phenoxy) is 1. The normalized spacial score (nSPS) is 15.5. The fourth-order valence-corrected chi connectivity index (χ4v) is 5.14. The third-order valence-corrected chi connectivity index (χ3v) is 8.04. The molecule has 6 N–H and O–H groups in total. The third kappa shape index (κ3) is 11.3. The van der Waals surface area contributed by atoms with Crippen molar-refractivity contribution < 1.29 is 38.6 Å². The van der Waals surface area contributed by atoms with Crippen LogP contribution in [0, 0.1) is 17.3 Å². The van der Waals surface area contributed by atoms with Gasteiger partial charge in [0.1, 0.15) is 0 Å². The molecule has 1 aromatic carbocycles. The SMILES string of the molecule is COC(=O)C1(C)CCN(C(=O)CCC(=O)N[C@H](C(=O)C[C@@H](CCCNC(N)=O)C(=O)Nc2ccc(CO)cc2)C(C)C)CC1. The van der Waals surface area contributed by atoms with Crippen LogP contribution in [0.2, 0.25) is 0 Å². The third-order valence-electron chi connectivity index (χ3n) is 8.04. The van der Waals surface area contributed by atoms with E-state index in [9.17, 15) is 33.9 Å². The van der Waals surface area contributed by atoms with E-state index in [2.05, 4.69) is 16.0 Å². The van der Waals surface area contributed by atoms with E-state index in [1.54, 1.807) is 43.0 Å². The molecule has 1 saturated heterocycles. The number of anilines is 1. The van der Waals surface area contributed by atoms with Crippen molar-refractivity contribution in [1.29, 1.82) is 0 Å². The molecule has 0 radical (unpaired) electrons. The van der Waals surface area contributed by atoms with Gasteiger partial charge in [-0.25, -0.2) is 4.79 Å². The Labute approximate surface area is 258 Å². The number of rotatable bonds is 16. The van der Waals surface area contributed by atoms with E-state index in [0.717, 1.165) is 0 Å². The second-order valence-electron chi connectivity index (χ2n) is 11.9. The molecule has 0 bridgehead atoms. The van der Waals surface area contributed by atoms with Gasteiger partial charge in [0.15, 0.2) is 5.78 Å². The maximum Gasteiger partial charge on any atom is 0.312 e. The van der Waals surface area contributed by atoms with Crippen molar-refractivity contribution in [3.05, 3.63) is 29.8 Å². The van der Waals surface area contributed by atoms with Crippen LogP contribution in [0.4, 0.5) is 10.5 Å². The number of aliphatic hydroxyl groups is 1. The van der Waals surface area contributed by atoms with Gasteiger partial charge in [-0.15, -0.1) is 0 Å². The van der Waals surface area contributed by atoms with Gasteiger partial charge < -0.3 is 36.4 Å². The van der Waals surface area contributed by atoms with Crippen molar-refractivity contribution >= 4 is 41.2 Å². The number of nitrogens with zero attached hydrogens (tertiary/aromatic N) is 1. The second kappa shape index (κ2) is 17.3. The number of esters is 1. The quantitative estimate of drug-likeness (QED) is 0.137. The molecule has 0 saturated carbocycles. The van der Waals surface area contributed by atoms with E-state index in [4.69, 9.17) is 10.5 Å². The summed E-state index contributed by atoms with van der Waals surface area (Å²) in [5, 5.41) is 17.3. The minimum Gasteiger partial charge on any atom is -0.469 e. The van der Waals surface area contributed by atoms with Crippen LogP contribution >= 0.6 is 0 Å². The van der Waals surface area contributed by atoms with Gasteiger partial charge in [0.05, 0.1) is 25.2 Å². The highest BCUT2D eigenvalue weighted by Crippen LogP contribution is 2.32. The Morgan fingerprint density at radius 2 is 1.68 bits per heavy atom. The number of urea groups is 1. The zero-order valence-corrected chi connectivity index (χ0v) is 26.1. The van der Waals surface area contributed by atoms with Gasteiger partial charge in [-0.2, -0.15) is 0 Å². The van der Waals surface area contributed by atoms with Gasteiger partial charge in [-0.1, -0.05) is 26.0 Å². The predicted octanol–water partition coefficient (Wildman–Crippen LogP) is 1.86. The molecule has 1 aliphatic heterocycles. The molecule has 1 aliphatic rings. The van der Waals surface area contributed by atoms with Crippen molar-refractivity contribution in [3.63, 3.8) is 0 Å². The number of amides is 5. The molecule has 1 heterocycles. The van der Waals surface area contributed by atoms with Gasteiger partial charge in [-0.05, 0) is 56.2 Å². The van der Waals surface area contributed by atoms with Gasteiger partial charge >= 0.3 is 12.0 Å². The van der Waals surface area contributed by atoms with Crippen molar-refractivity contribution in [2.45, 2.75) is 78.4 Å². The van der Waals surface area contributed by atoms with E-state index < -0.39 is 35.2 Å². The molecule has 13 nitrogen and oxygen atoms in total. The molecule has 2 rings (SSSR count). The summed E-state index contributed by atoms with van der Waals surface area (Å²) in [5.74, 6) is -2.68. The van der Waals surface area contributed by atoms with Gasteiger partial charge in [0.2, 0.25) is 17.7 Å². The minimum absolute atomic E-state index is 0.0350. The highest BCUT2D eigenvalue weighted by atomic mass is 16.5. The molecule has 1 fully saturated rings. The summed E-state index contributed by atoms with van der Waals surface area (Å²) in [4.78, 5) is 76.9. The van der Waals surface area contributed by atoms with Gasteiger partial charge in [-0.3, -0.25) is 24.0 Å².